The van der Waals surface area contributed by atoms with Crippen LogP contribution < -0.4 is 0 Å². The number of carbonyl (C=O) groups is 2. The van der Waals surface area contributed by atoms with E-state index in [0.717, 1.165) is 19.4 Å². The number of amides is 1. The van der Waals surface area contributed by atoms with Gasteiger partial charge in [-0.05, 0) is 48.1 Å². The van der Waals surface area contributed by atoms with E-state index in [1.165, 1.54) is 5.56 Å². The number of hydrogen-bond acceptors (Lipinski definition) is 3. The summed E-state index contributed by atoms with van der Waals surface area (Å²) < 4.78 is 0. The molecule has 1 N–H and O–H groups in total. The minimum atomic E-state index is -0.918. The Morgan fingerprint density at radius 2 is 2.14 bits per heavy atom. The number of aliphatic carboxylic acids is 1. The van der Waals surface area contributed by atoms with E-state index in [9.17, 15) is 14.7 Å². The summed E-state index contributed by atoms with van der Waals surface area (Å²) in [4.78, 5) is 26.1. The van der Waals surface area contributed by atoms with Gasteiger partial charge in [0.05, 0.1) is 11.5 Å². The number of nitrogens with zero attached hydrogens (tertiary/aromatic N) is 1. The fourth-order valence-electron chi connectivity index (χ4n) is 3.15. The number of rotatable bonds is 6. The predicted molar refractivity (Wildman–Crippen MR) is 83.3 cm³/mol. The molecule has 1 aliphatic rings. The van der Waals surface area contributed by atoms with Crippen molar-refractivity contribution in [2.45, 2.75) is 52.0 Å². The van der Waals surface area contributed by atoms with Crippen LogP contribution in [0.15, 0.2) is 16.8 Å². The summed E-state index contributed by atoms with van der Waals surface area (Å²) in [5, 5.41) is 13.6. The fourth-order valence-corrected chi connectivity index (χ4v) is 3.85. The van der Waals surface area contributed by atoms with Crippen molar-refractivity contribution in [2.24, 2.45) is 5.41 Å². The smallest absolute Gasteiger partial charge is 0.310 e. The summed E-state index contributed by atoms with van der Waals surface area (Å²) in [6.45, 7) is 4.44. The zero-order chi connectivity index (χ0) is 15.5. The van der Waals surface area contributed by atoms with E-state index < -0.39 is 11.4 Å². The van der Waals surface area contributed by atoms with Crippen LogP contribution in [0.4, 0.5) is 0 Å². The first kappa shape index (κ1) is 16.0. The van der Waals surface area contributed by atoms with Crippen LogP contribution in [0.25, 0.3) is 0 Å². The third-order valence-electron chi connectivity index (χ3n) is 4.80. The second-order valence-corrected chi connectivity index (χ2v) is 6.55. The summed E-state index contributed by atoms with van der Waals surface area (Å²) >= 11 is 1.64. The molecule has 0 aliphatic carbocycles. The van der Waals surface area contributed by atoms with Crippen molar-refractivity contribution in [3.05, 3.63) is 22.4 Å². The molecule has 5 heteroatoms. The molecule has 0 spiro atoms. The SMILES string of the molecule is CCC(CC)(CC(=O)N1CCCC1c1ccsc1)C(=O)O. The molecular formula is C16H23NO3S. The predicted octanol–water partition coefficient (Wildman–Crippen LogP) is 3.69. The van der Waals surface area contributed by atoms with E-state index in [1.807, 2.05) is 24.1 Å². The van der Waals surface area contributed by atoms with Crippen LogP contribution in [0, 0.1) is 5.41 Å². The molecule has 2 rings (SSSR count). The van der Waals surface area contributed by atoms with Crippen molar-refractivity contribution in [3.63, 3.8) is 0 Å². The van der Waals surface area contributed by atoms with Crippen molar-refractivity contribution in [1.29, 1.82) is 0 Å². The van der Waals surface area contributed by atoms with Gasteiger partial charge < -0.3 is 10.0 Å². The molecule has 1 aliphatic heterocycles. The number of hydrogen-bond donors (Lipinski definition) is 1. The van der Waals surface area contributed by atoms with Crippen LogP contribution in [0.1, 0.15) is 57.6 Å². The minimum Gasteiger partial charge on any atom is -0.481 e. The van der Waals surface area contributed by atoms with Gasteiger partial charge in [-0.3, -0.25) is 9.59 Å². The van der Waals surface area contributed by atoms with Crippen LogP contribution in [0.2, 0.25) is 0 Å². The van der Waals surface area contributed by atoms with Crippen molar-refractivity contribution in [3.8, 4) is 0 Å². The van der Waals surface area contributed by atoms with E-state index in [4.69, 9.17) is 0 Å². The second-order valence-electron chi connectivity index (χ2n) is 5.77. The zero-order valence-electron chi connectivity index (χ0n) is 12.7. The van der Waals surface area contributed by atoms with Gasteiger partial charge in [-0.1, -0.05) is 13.8 Å². The lowest BCUT2D eigenvalue weighted by molar-refractivity contribution is -0.154. The van der Waals surface area contributed by atoms with Crippen LogP contribution >= 0.6 is 11.3 Å². The second kappa shape index (κ2) is 6.60. The van der Waals surface area contributed by atoms with Crippen LogP contribution in [-0.2, 0) is 9.59 Å². The van der Waals surface area contributed by atoms with Gasteiger partial charge in [0.15, 0.2) is 0 Å². The molecule has 1 aromatic heterocycles. The average molecular weight is 309 g/mol. The van der Waals surface area contributed by atoms with Gasteiger partial charge in [-0.25, -0.2) is 0 Å². The lowest BCUT2D eigenvalue weighted by Crippen LogP contribution is -2.39. The molecule has 21 heavy (non-hydrogen) atoms. The van der Waals surface area contributed by atoms with Crippen molar-refractivity contribution >= 4 is 23.2 Å². The molecule has 2 heterocycles. The van der Waals surface area contributed by atoms with E-state index in [-0.39, 0.29) is 18.4 Å². The largest absolute Gasteiger partial charge is 0.481 e. The first-order valence-corrected chi connectivity index (χ1v) is 8.53. The molecule has 1 aromatic rings. The number of carboxylic acids is 1. The highest BCUT2D eigenvalue weighted by Crippen LogP contribution is 2.37. The fraction of sp³-hybridized carbons (Fsp3) is 0.625. The molecule has 1 amide bonds. The Balaban J connectivity index is 2.14. The molecule has 0 bridgehead atoms. The van der Waals surface area contributed by atoms with Crippen LogP contribution in [0.3, 0.4) is 0 Å². The third kappa shape index (κ3) is 3.12. The van der Waals surface area contributed by atoms with Crippen molar-refractivity contribution < 1.29 is 14.7 Å². The quantitative estimate of drug-likeness (QED) is 0.872. The van der Waals surface area contributed by atoms with E-state index in [2.05, 4.69) is 11.4 Å². The minimum absolute atomic E-state index is 0.0187. The molecule has 116 valence electrons. The summed E-state index contributed by atoms with van der Waals surface area (Å²) in [6.07, 6.45) is 3.05. The van der Waals surface area contributed by atoms with E-state index in [0.29, 0.717) is 12.8 Å². The zero-order valence-corrected chi connectivity index (χ0v) is 13.5. The lowest BCUT2D eigenvalue weighted by atomic mass is 9.79. The standard InChI is InChI=1S/C16H23NO3S/c1-3-16(4-2,15(19)20)10-14(18)17-8-5-6-13(17)12-7-9-21-11-12/h7,9,11,13H,3-6,8,10H2,1-2H3,(H,19,20). The molecule has 4 nitrogen and oxygen atoms in total. The Morgan fingerprint density at radius 3 is 2.67 bits per heavy atom. The lowest BCUT2D eigenvalue weighted by Gasteiger charge is -2.31. The highest BCUT2D eigenvalue weighted by atomic mass is 32.1. The van der Waals surface area contributed by atoms with E-state index >= 15 is 0 Å². The summed E-state index contributed by atoms with van der Waals surface area (Å²) in [7, 11) is 0. The van der Waals surface area contributed by atoms with E-state index in [1.54, 1.807) is 11.3 Å². The summed E-state index contributed by atoms with van der Waals surface area (Å²) in [5.41, 5.74) is 0.263. The number of thiophene rings is 1. The maximum absolute atomic E-state index is 12.7. The van der Waals surface area contributed by atoms with Gasteiger partial charge in [-0.2, -0.15) is 11.3 Å². The van der Waals surface area contributed by atoms with Gasteiger partial charge in [-0.15, -0.1) is 0 Å². The van der Waals surface area contributed by atoms with Gasteiger partial charge in [0.25, 0.3) is 0 Å². The first-order chi connectivity index (χ1) is 10.0. The monoisotopic (exact) mass is 309 g/mol. The van der Waals surface area contributed by atoms with Gasteiger partial charge in [0, 0.05) is 13.0 Å². The molecule has 1 unspecified atom stereocenters. The maximum Gasteiger partial charge on any atom is 0.310 e. The Labute approximate surface area is 129 Å². The topological polar surface area (TPSA) is 57.6 Å². The average Bonchev–Trinajstić information content (AvgIpc) is 3.13. The molecular weight excluding hydrogens is 286 g/mol. The van der Waals surface area contributed by atoms with Crippen LogP contribution in [0.5, 0.6) is 0 Å². The number of carboxylic acid groups (broad SMARTS) is 1. The first-order valence-electron chi connectivity index (χ1n) is 7.59. The van der Waals surface area contributed by atoms with Gasteiger partial charge in [0.1, 0.15) is 0 Å². The Hall–Kier alpha value is -1.36. The third-order valence-corrected chi connectivity index (χ3v) is 5.50. The van der Waals surface area contributed by atoms with Gasteiger partial charge in [0.2, 0.25) is 5.91 Å². The van der Waals surface area contributed by atoms with Crippen molar-refractivity contribution in [2.75, 3.05) is 6.54 Å². The Morgan fingerprint density at radius 1 is 1.43 bits per heavy atom. The molecule has 0 radical (unpaired) electrons. The summed E-state index contributed by atoms with van der Waals surface area (Å²) in [6, 6.07) is 2.19. The van der Waals surface area contributed by atoms with Gasteiger partial charge >= 0.3 is 5.97 Å². The molecule has 1 saturated heterocycles. The molecule has 1 fully saturated rings. The van der Waals surface area contributed by atoms with Crippen LogP contribution in [-0.4, -0.2) is 28.4 Å². The van der Waals surface area contributed by atoms with Crippen molar-refractivity contribution in [1.82, 2.24) is 4.90 Å². The molecule has 0 aromatic carbocycles. The Bertz CT molecular complexity index is 494. The Kier molecular flexibility index (Phi) is 5.04. The normalized spacial score (nSPS) is 19.0. The highest BCUT2D eigenvalue weighted by Gasteiger charge is 2.40. The molecule has 1 atom stereocenters. The maximum atomic E-state index is 12.7. The highest BCUT2D eigenvalue weighted by molar-refractivity contribution is 7.07. The number of carbonyl (C=O) groups excluding carboxylic acids is 1. The molecule has 0 saturated carbocycles. The number of likely N-dealkylation sites (tertiary alicyclic amines) is 1. The summed E-state index contributed by atoms with van der Waals surface area (Å²) in [5.74, 6) is -0.873.